The van der Waals surface area contributed by atoms with Gasteiger partial charge in [-0.2, -0.15) is 11.8 Å². The molecule has 4 aliphatic rings. The van der Waals surface area contributed by atoms with E-state index < -0.39 is 5.79 Å². The highest BCUT2D eigenvalue weighted by Gasteiger charge is 2.50. The Morgan fingerprint density at radius 3 is 2.88 bits per heavy atom. The molecule has 0 N–H and O–H groups in total. The van der Waals surface area contributed by atoms with E-state index in [0.717, 1.165) is 50.2 Å². The van der Waals surface area contributed by atoms with Gasteiger partial charge in [0.2, 0.25) is 0 Å². The first-order valence-electron chi connectivity index (χ1n) is 9.58. The SMILES string of the molecule is CCOC1(OCC2=CCSC2)CCC(C2COC3(CCCC3)O2)C1. The van der Waals surface area contributed by atoms with E-state index in [9.17, 15) is 0 Å². The fourth-order valence-electron chi connectivity index (χ4n) is 4.63. The Bertz CT molecular complexity index is 474. The maximum atomic E-state index is 6.40. The Kier molecular flexibility index (Phi) is 5.26. The molecule has 2 saturated carbocycles. The van der Waals surface area contributed by atoms with Gasteiger partial charge in [0, 0.05) is 43.8 Å². The smallest absolute Gasteiger partial charge is 0.169 e. The molecule has 0 aromatic heterocycles. The Morgan fingerprint density at radius 2 is 2.12 bits per heavy atom. The van der Waals surface area contributed by atoms with Crippen molar-refractivity contribution >= 4 is 11.8 Å². The zero-order valence-electron chi connectivity index (χ0n) is 14.8. The van der Waals surface area contributed by atoms with Crippen LogP contribution in [0.1, 0.15) is 51.9 Å². The lowest BCUT2D eigenvalue weighted by Gasteiger charge is -2.30. The summed E-state index contributed by atoms with van der Waals surface area (Å²) in [5.41, 5.74) is 1.41. The second kappa shape index (κ2) is 7.28. The van der Waals surface area contributed by atoms with Gasteiger partial charge in [0.25, 0.3) is 0 Å². The maximum Gasteiger partial charge on any atom is 0.169 e. The Morgan fingerprint density at radius 1 is 1.25 bits per heavy atom. The summed E-state index contributed by atoms with van der Waals surface area (Å²) in [6.07, 6.45) is 10.1. The second-order valence-electron chi connectivity index (χ2n) is 7.60. The summed E-state index contributed by atoms with van der Waals surface area (Å²) in [6.45, 7) is 4.22. The molecule has 24 heavy (non-hydrogen) atoms. The van der Waals surface area contributed by atoms with Crippen molar-refractivity contribution in [1.29, 1.82) is 0 Å². The summed E-state index contributed by atoms with van der Waals surface area (Å²) in [5, 5.41) is 0. The molecule has 136 valence electrons. The fraction of sp³-hybridized carbons (Fsp3) is 0.895. The molecular formula is C19H30O4S. The molecule has 4 nitrogen and oxygen atoms in total. The van der Waals surface area contributed by atoms with Crippen molar-refractivity contribution < 1.29 is 18.9 Å². The van der Waals surface area contributed by atoms with Crippen molar-refractivity contribution in [1.82, 2.24) is 0 Å². The largest absolute Gasteiger partial charge is 0.350 e. The van der Waals surface area contributed by atoms with Crippen LogP contribution in [-0.4, -0.2) is 49.0 Å². The summed E-state index contributed by atoms with van der Waals surface area (Å²) in [6, 6.07) is 0. The Balaban J connectivity index is 1.35. The van der Waals surface area contributed by atoms with E-state index >= 15 is 0 Å². The van der Waals surface area contributed by atoms with Crippen molar-refractivity contribution in [2.75, 3.05) is 31.3 Å². The van der Waals surface area contributed by atoms with Crippen LogP contribution in [0.15, 0.2) is 11.6 Å². The maximum absolute atomic E-state index is 6.40. The lowest BCUT2D eigenvalue weighted by Crippen LogP contribution is -2.36. The molecule has 3 atom stereocenters. The van der Waals surface area contributed by atoms with E-state index in [-0.39, 0.29) is 11.9 Å². The highest BCUT2D eigenvalue weighted by Crippen LogP contribution is 2.47. The van der Waals surface area contributed by atoms with Crippen molar-refractivity contribution in [3.63, 3.8) is 0 Å². The topological polar surface area (TPSA) is 36.9 Å². The highest BCUT2D eigenvalue weighted by atomic mass is 32.2. The van der Waals surface area contributed by atoms with Crippen molar-refractivity contribution in [2.24, 2.45) is 5.92 Å². The van der Waals surface area contributed by atoms with E-state index in [1.54, 1.807) is 0 Å². The zero-order chi connectivity index (χ0) is 16.5. The molecule has 2 aliphatic heterocycles. The third-order valence-corrected chi connectivity index (χ3v) is 6.92. The van der Waals surface area contributed by atoms with Crippen molar-refractivity contribution in [3.8, 4) is 0 Å². The average molecular weight is 355 g/mol. The normalized spacial score (nSPS) is 38.3. The molecule has 0 aromatic carbocycles. The minimum Gasteiger partial charge on any atom is -0.350 e. The van der Waals surface area contributed by atoms with E-state index in [1.807, 2.05) is 11.8 Å². The molecule has 3 fully saturated rings. The first-order chi connectivity index (χ1) is 11.7. The van der Waals surface area contributed by atoms with E-state index in [1.165, 1.54) is 18.4 Å². The van der Waals surface area contributed by atoms with Crippen LogP contribution in [0.5, 0.6) is 0 Å². The number of thioether (sulfide) groups is 1. The van der Waals surface area contributed by atoms with Crippen LogP contribution < -0.4 is 0 Å². The van der Waals surface area contributed by atoms with Gasteiger partial charge in [0.15, 0.2) is 11.6 Å². The molecule has 1 spiro atoms. The summed E-state index contributed by atoms with van der Waals surface area (Å²) in [4.78, 5) is 0. The van der Waals surface area contributed by atoms with Crippen molar-refractivity contribution in [2.45, 2.75) is 69.5 Å². The molecule has 2 aliphatic carbocycles. The number of hydrogen-bond donors (Lipinski definition) is 0. The minimum absolute atomic E-state index is 0.218. The van der Waals surface area contributed by atoms with Gasteiger partial charge < -0.3 is 18.9 Å². The number of rotatable bonds is 6. The van der Waals surface area contributed by atoms with Gasteiger partial charge in [-0.15, -0.1) is 0 Å². The van der Waals surface area contributed by atoms with E-state index in [0.29, 0.717) is 19.1 Å². The molecule has 2 heterocycles. The zero-order valence-corrected chi connectivity index (χ0v) is 15.6. The molecule has 1 saturated heterocycles. The van der Waals surface area contributed by atoms with Crippen LogP contribution >= 0.6 is 11.8 Å². The van der Waals surface area contributed by atoms with E-state index in [2.05, 4.69) is 13.0 Å². The quantitative estimate of drug-likeness (QED) is 0.534. The number of hydrogen-bond acceptors (Lipinski definition) is 5. The van der Waals surface area contributed by atoms with Gasteiger partial charge in [-0.05, 0) is 37.7 Å². The molecule has 5 heteroatoms. The van der Waals surface area contributed by atoms with Gasteiger partial charge in [-0.25, -0.2) is 0 Å². The third kappa shape index (κ3) is 3.56. The Hall–Kier alpha value is -0.0700. The highest BCUT2D eigenvalue weighted by molar-refractivity contribution is 7.99. The molecule has 0 bridgehead atoms. The average Bonchev–Trinajstić information content (AvgIpc) is 3.35. The molecule has 3 unspecified atom stereocenters. The minimum atomic E-state index is -0.414. The van der Waals surface area contributed by atoms with Crippen LogP contribution in [-0.2, 0) is 18.9 Å². The monoisotopic (exact) mass is 354 g/mol. The summed E-state index contributed by atoms with van der Waals surface area (Å²) in [7, 11) is 0. The van der Waals surface area contributed by atoms with Crippen LogP contribution in [0.25, 0.3) is 0 Å². The predicted molar refractivity (Wildman–Crippen MR) is 95.1 cm³/mol. The lowest BCUT2D eigenvalue weighted by molar-refractivity contribution is -0.229. The molecule has 0 amide bonds. The third-order valence-electron chi connectivity index (χ3n) is 5.94. The second-order valence-corrected chi connectivity index (χ2v) is 8.63. The lowest BCUT2D eigenvalue weighted by atomic mass is 10.0. The molecule has 0 radical (unpaired) electrons. The first-order valence-corrected chi connectivity index (χ1v) is 10.7. The standard InChI is InChI=1S/C19H30O4S/c1-2-20-19(21-12-15-6-10-24-14-15)9-5-16(11-19)17-13-22-18(23-17)7-3-4-8-18/h6,16-17H,2-5,7-14H2,1H3. The summed E-state index contributed by atoms with van der Waals surface area (Å²) in [5.74, 6) is 2.05. The fourth-order valence-corrected chi connectivity index (χ4v) is 5.56. The van der Waals surface area contributed by atoms with Crippen LogP contribution in [0.2, 0.25) is 0 Å². The van der Waals surface area contributed by atoms with Gasteiger partial charge in [0.1, 0.15) is 0 Å². The summed E-state index contributed by atoms with van der Waals surface area (Å²) >= 11 is 1.96. The number of ether oxygens (including phenoxy) is 4. The first kappa shape index (κ1) is 17.3. The molecular weight excluding hydrogens is 324 g/mol. The predicted octanol–water partition coefficient (Wildman–Crippen LogP) is 3.89. The van der Waals surface area contributed by atoms with Crippen molar-refractivity contribution in [3.05, 3.63) is 11.6 Å². The van der Waals surface area contributed by atoms with Gasteiger partial charge >= 0.3 is 0 Å². The van der Waals surface area contributed by atoms with Gasteiger partial charge in [0.05, 0.1) is 19.3 Å². The van der Waals surface area contributed by atoms with Gasteiger partial charge in [-0.3, -0.25) is 0 Å². The molecule has 4 rings (SSSR count). The van der Waals surface area contributed by atoms with Crippen LogP contribution in [0, 0.1) is 5.92 Å². The van der Waals surface area contributed by atoms with Gasteiger partial charge in [-0.1, -0.05) is 6.08 Å². The summed E-state index contributed by atoms with van der Waals surface area (Å²) < 4.78 is 24.9. The Labute approximate surface area is 149 Å². The van der Waals surface area contributed by atoms with Crippen LogP contribution in [0.3, 0.4) is 0 Å². The van der Waals surface area contributed by atoms with E-state index in [4.69, 9.17) is 18.9 Å². The van der Waals surface area contributed by atoms with Crippen LogP contribution in [0.4, 0.5) is 0 Å². The molecule has 0 aromatic rings.